The van der Waals surface area contributed by atoms with Crippen LogP contribution in [0.3, 0.4) is 0 Å². The lowest BCUT2D eigenvalue weighted by Gasteiger charge is -2.07. The second-order valence-corrected chi connectivity index (χ2v) is 4.37. The van der Waals surface area contributed by atoms with E-state index in [2.05, 4.69) is 15.4 Å². The van der Waals surface area contributed by atoms with Crippen molar-refractivity contribution in [3.8, 4) is 5.69 Å². The van der Waals surface area contributed by atoms with E-state index in [1.807, 2.05) is 5.32 Å². The SMILES string of the molecule is CCNC(=O)NC(=O)COC(=O)c1ccc(-n2cncn2)cc1. The molecule has 0 bridgehead atoms. The Morgan fingerprint density at radius 2 is 1.96 bits per heavy atom. The first kappa shape index (κ1) is 16.1. The van der Waals surface area contributed by atoms with Crippen LogP contribution in [-0.4, -0.2) is 45.8 Å². The van der Waals surface area contributed by atoms with Gasteiger partial charge in [0.2, 0.25) is 0 Å². The quantitative estimate of drug-likeness (QED) is 0.765. The number of nitrogens with one attached hydrogen (secondary N) is 2. The Morgan fingerprint density at radius 3 is 2.57 bits per heavy atom. The molecular formula is C14H15N5O4. The van der Waals surface area contributed by atoms with Crippen LogP contribution in [0.1, 0.15) is 17.3 Å². The van der Waals surface area contributed by atoms with Crippen LogP contribution in [0.2, 0.25) is 0 Å². The molecule has 0 saturated carbocycles. The second-order valence-electron chi connectivity index (χ2n) is 4.37. The van der Waals surface area contributed by atoms with Crippen molar-refractivity contribution in [3.05, 3.63) is 42.5 Å². The van der Waals surface area contributed by atoms with Gasteiger partial charge in [-0.05, 0) is 31.2 Å². The predicted octanol–water partition coefficient (Wildman–Crippen LogP) is 0.270. The van der Waals surface area contributed by atoms with Crippen molar-refractivity contribution in [2.45, 2.75) is 6.92 Å². The van der Waals surface area contributed by atoms with Crippen molar-refractivity contribution in [1.29, 1.82) is 0 Å². The zero-order chi connectivity index (χ0) is 16.7. The van der Waals surface area contributed by atoms with E-state index in [0.29, 0.717) is 6.54 Å². The van der Waals surface area contributed by atoms with Gasteiger partial charge in [0.1, 0.15) is 12.7 Å². The molecule has 1 aromatic heterocycles. The monoisotopic (exact) mass is 317 g/mol. The number of aromatic nitrogens is 3. The minimum atomic E-state index is -0.705. The number of ether oxygens (including phenoxy) is 1. The van der Waals surface area contributed by atoms with Crippen LogP contribution < -0.4 is 10.6 Å². The number of benzene rings is 1. The number of carbonyl (C=O) groups excluding carboxylic acids is 3. The first-order valence-corrected chi connectivity index (χ1v) is 6.80. The average molecular weight is 317 g/mol. The predicted molar refractivity (Wildman–Crippen MR) is 78.9 cm³/mol. The lowest BCUT2D eigenvalue weighted by atomic mass is 10.2. The molecular weight excluding hydrogens is 302 g/mol. The molecule has 0 radical (unpaired) electrons. The van der Waals surface area contributed by atoms with Crippen molar-refractivity contribution in [2.24, 2.45) is 0 Å². The van der Waals surface area contributed by atoms with E-state index >= 15 is 0 Å². The van der Waals surface area contributed by atoms with Crippen molar-refractivity contribution in [1.82, 2.24) is 25.4 Å². The van der Waals surface area contributed by atoms with Crippen LogP contribution in [-0.2, 0) is 9.53 Å². The highest BCUT2D eigenvalue weighted by Crippen LogP contribution is 2.09. The summed E-state index contributed by atoms with van der Waals surface area (Å²) < 4.78 is 6.37. The highest BCUT2D eigenvalue weighted by atomic mass is 16.5. The number of hydrogen-bond donors (Lipinski definition) is 2. The highest BCUT2D eigenvalue weighted by molar-refractivity contribution is 5.97. The molecule has 2 aromatic rings. The number of esters is 1. The number of rotatable bonds is 5. The lowest BCUT2D eigenvalue weighted by molar-refractivity contribution is -0.123. The third-order valence-electron chi connectivity index (χ3n) is 2.71. The largest absolute Gasteiger partial charge is 0.452 e. The van der Waals surface area contributed by atoms with Gasteiger partial charge in [-0.1, -0.05) is 0 Å². The number of nitrogens with zero attached hydrogens (tertiary/aromatic N) is 3. The highest BCUT2D eigenvalue weighted by Gasteiger charge is 2.12. The van der Waals surface area contributed by atoms with E-state index in [9.17, 15) is 14.4 Å². The maximum atomic E-state index is 11.8. The Hall–Kier alpha value is -3.23. The summed E-state index contributed by atoms with van der Waals surface area (Å²) in [6.45, 7) is 1.56. The van der Waals surface area contributed by atoms with E-state index in [1.54, 1.807) is 31.2 Å². The molecule has 0 aliphatic carbocycles. The van der Waals surface area contributed by atoms with Crippen molar-refractivity contribution in [3.63, 3.8) is 0 Å². The normalized spacial score (nSPS) is 9.96. The summed E-state index contributed by atoms with van der Waals surface area (Å²) in [5, 5.41) is 8.38. The van der Waals surface area contributed by atoms with E-state index in [-0.39, 0.29) is 5.56 Å². The maximum Gasteiger partial charge on any atom is 0.338 e. The molecule has 0 spiro atoms. The van der Waals surface area contributed by atoms with E-state index in [4.69, 9.17) is 4.74 Å². The number of imide groups is 1. The minimum absolute atomic E-state index is 0.277. The van der Waals surface area contributed by atoms with E-state index in [1.165, 1.54) is 17.3 Å². The zero-order valence-electron chi connectivity index (χ0n) is 12.4. The molecule has 0 atom stereocenters. The molecule has 3 amide bonds. The molecule has 1 heterocycles. The summed E-state index contributed by atoms with van der Waals surface area (Å²) in [4.78, 5) is 38.2. The fraction of sp³-hybridized carbons (Fsp3) is 0.214. The molecule has 1 aromatic carbocycles. The van der Waals surface area contributed by atoms with Crippen molar-refractivity contribution in [2.75, 3.05) is 13.2 Å². The summed E-state index contributed by atoms with van der Waals surface area (Å²) >= 11 is 0. The fourth-order valence-corrected chi connectivity index (χ4v) is 1.67. The van der Waals surface area contributed by atoms with Crippen molar-refractivity contribution < 1.29 is 19.1 Å². The van der Waals surface area contributed by atoms with Crippen LogP contribution >= 0.6 is 0 Å². The minimum Gasteiger partial charge on any atom is -0.452 e. The summed E-state index contributed by atoms with van der Waals surface area (Å²) in [5.41, 5.74) is 1.01. The topological polar surface area (TPSA) is 115 Å². The van der Waals surface area contributed by atoms with Crippen LogP contribution in [0, 0.1) is 0 Å². The van der Waals surface area contributed by atoms with Gasteiger partial charge in [-0.15, -0.1) is 0 Å². The summed E-state index contributed by atoms with van der Waals surface area (Å²) in [6, 6.07) is 5.79. The Labute approximate surface area is 131 Å². The van der Waals surface area contributed by atoms with Crippen molar-refractivity contribution >= 4 is 17.9 Å². The van der Waals surface area contributed by atoms with Crippen LogP contribution in [0.4, 0.5) is 4.79 Å². The molecule has 0 unspecified atom stereocenters. The second kappa shape index (κ2) is 7.69. The van der Waals surface area contributed by atoms with Crippen LogP contribution in [0.25, 0.3) is 5.69 Å². The Balaban J connectivity index is 1.86. The van der Waals surface area contributed by atoms with Gasteiger partial charge in [0.05, 0.1) is 11.3 Å². The molecule has 120 valence electrons. The standard InChI is InChI=1S/C14H15N5O4/c1-2-16-14(22)18-12(20)7-23-13(21)10-3-5-11(6-4-10)19-9-15-8-17-19/h3-6,8-9H,2,7H2,1H3,(H2,16,18,20,22). The molecule has 0 fully saturated rings. The molecule has 0 saturated heterocycles. The Bertz CT molecular complexity index is 682. The maximum absolute atomic E-state index is 11.8. The lowest BCUT2D eigenvalue weighted by Crippen LogP contribution is -2.41. The third-order valence-corrected chi connectivity index (χ3v) is 2.71. The zero-order valence-corrected chi connectivity index (χ0v) is 12.4. The molecule has 9 heteroatoms. The molecule has 23 heavy (non-hydrogen) atoms. The first-order chi connectivity index (χ1) is 11.1. The smallest absolute Gasteiger partial charge is 0.338 e. The molecule has 0 aliphatic heterocycles. The third kappa shape index (κ3) is 4.63. The van der Waals surface area contributed by atoms with E-state index < -0.39 is 24.5 Å². The van der Waals surface area contributed by atoms with Gasteiger partial charge in [0.15, 0.2) is 6.61 Å². The number of carbonyl (C=O) groups is 3. The van der Waals surface area contributed by atoms with Crippen LogP contribution in [0.15, 0.2) is 36.9 Å². The van der Waals surface area contributed by atoms with Gasteiger partial charge in [-0.25, -0.2) is 19.3 Å². The van der Waals surface area contributed by atoms with Gasteiger partial charge in [-0.3, -0.25) is 10.1 Å². The number of amides is 3. The number of urea groups is 1. The van der Waals surface area contributed by atoms with Gasteiger partial charge in [0.25, 0.3) is 5.91 Å². The summed E-state index contributed by atoms with van der Waals surface area (Å²) in [5.74, 6) is -1.37. The van der Waals surface area contributed by atoms with Gasteiger partial charge in [0, 0.05) is 6.54 Å². The first-order valence-electron chi connectivity index (χ1n) is 6.80. The molecule has 9 nitrogen and oxygen atoms in total. The molecule has 2 N–H and O–H groups in total. The Kier molecular flexibility index (Phi) is 5.40. The summed E-state index contributed by atoms with van der Waals surface area (Å²) in [6.07, 6.45) is 2.93. The number of hydrogen-bond acceptors (Lipinski definition) is 6. The molecule has 2 rings (SSSR count). The summed E-state index contributed by atoms with van der Waals surface area (Å²) in [7, 11) is 0. The van der Waals surface area contributed by atoms with E-state index in [0.717, 1.165) is 5.69 Å². The molecule has 0 aliphatic rings. The van der Waals surface area contributed by atoms with Gasteiger partial charge >= 0.3 is 12.0 Å². The van der Waals surface area contributed by atoms with Gasteiger partial charge < -0.3 is 10.1 Å². The van der Waals surface area contributed by atoms with Crippen LogP contribution in [0.5, 0.6) is 0 Å². The average Bonchev–Trinajstić information content (AvgIpc) is 3.07. The van der Waals surface area contributed by atoms with Gasteiger partial charge in [-0.2, -0.15) is 5.10 Å². The Morgan fingerprint density at radius 1 is 1.22 bits per heavy atom. The fourth-order valence-electron chi connectivity index (χ4n) is 1.67.